The molecule has 0 radical (unpaired) electrons. The predicted molar refractivity (Wildman–Crippen MR) is 123 cm³/mol. The summed E-state index contributed by atoms with van der Waals surface area (Å²) in [5, 5.41) is 10.9. The van der Waals surface area contributed by atoms with Crippen molar-refractivity contribution in [3.63, 3.8) is 0 Å². The van der Waals surface area contributed by atoms with Crippen molar-refractivity contribution < 1.29 is 13.3 Å². The molecule has 0 aromatic heterocycles. The van der Waals surface area contributed by atoms with E-state index >= 15 is 0 Å². The fourth-order valence-electron chi connectivity index (χ4n) is 6.56. The molecule has 32 heavy (non-hydrogen) atoms. The van der Waals surface area contributed by atoms with Crippen LogP contribution in [0.1, 0.15) is 43.7 Å². The summed E-state index contributed by atoms with van der Waals surface area (Å²) < 4.78 is 29.6. The van der Waals surface area contributed by atoms with E-state index in [1.165, 1.54) is 24.3 Å². The first-order valence-corrected chi connectivity index (χ1v) is 13.0. The smallest absolute Gasteiger partial charge is 0.258 e. The Balaban J connectivity index is 1.52. The minimum absolute atomic E-state index is 0.00900. The molecule has 0 spiro atoms. The molecule has 2 aromatic rings. The summed E-state index contributed by atoms with van der Waals surface area (Å²) in [5.41, 5.74) is 0.704. The van der Waals surface area contributed by atoms with Crippen molar-refractivity contribution in [1.82, 2.24) is 4.72 Å². The standard InChI is InChI=1S/C23H24Cl2N2O4S/c24-22-11-15-10-17(13-22)20(23(25,12-15)14-22)21(16-4-2-1-3-5-16)26-32(30,31)19-8-6-18(7-9-19)27(28)29/h1-9,15,17,20-21,26H,10-14H2/t15-,17+,20-,21?,22+,23+/m1/s1. The van der Waals surface area contributed by atoms with E-state index in [9.17, 15) is 18.5 Å². The second-order valence-electron chi connectivity index (χ2n) is 9.62. The highest BCUT2D eigenvalue weighted by atomic mass is 35.5. The average molecular weight is 495 g/mol. The van der Waals surface area contributed by atoms with Gasteiger partial charge in [-0.15, -0.1) is 23.2 Å². The number of sulfonamides is 1. The van der Waals surface area contributed by atoms with Gasteiger partial charge in [-0.05, 0) is 61.6 Å². The largest absolute Gasteiger partial charge is 0.269 e. The van der Waals surface area contributed by atoms with E-state index in [1.54, 1.807) is 0 Å². The summed E-state index contributed by atoms with van der Waals surface area (Å²) in [6, 6.07) is 13.9. The number of hydrogen-bond donors (Lipinski definition) is 1. The summed E-state index contributed by atoms with van der Waals surface area (Å²) in [7, 11) is -3.94. The van der Waals surface area contributed by atoms with Crippen LogP contribution in [0, 0.1) is 27.9 Å². The van der Waals surface area contributed by atoms with Gasteiger partial charge in [-0.3, -0.25) is 10.1 Å². The Hall–Kier alpha value is -1.67. The lowest BCUT2D eigenvalue weighted by Crippen LogP contribution is -2.62. The minimum atomic E-state index is -3.94. The summed E-state index contributed by atoms with van der Waals surface area (Å²) >= 11 is 14.2. The molecule has 0 heterocycles. The van der Waals surface area contributed by atoms with Gasteiger partial charge in [0.25, 0.3) is 5.69 Å². The van der Waals surface area contributed by atoms with Gasteiger partial charge >= 0.3 is 0 Å². The molecule has 4 saturated carbocycles. The van der Waals surface area contributed by atoms with Crippen molar-refractivity contribution in [2.75, 3.05) is 0 Å². The molecule has 9 heteroatoms. The van der Waals surface area contributed by atoms with Crippen LogP contribution >= 0.6 is 23.2 Å². The highest BCUT2D eigenvalue weighted by Gasteiger charge is 2.63. The molecular weight excluding hydrogens is 471 g/mol. The molecule has 0 saturated heterocycles. The maximum absolute atomic E-state index is 13.3. The van der Waals surface area contributed by atoms with Crippen LogP contribution in [0.25, 0.3) is 0 Å². The van der Waals surface area contributed by atoms with E-state index in [0.717, 1.165) is 31.2 Å². The first-order chi connectivity index (χ1) is 15.1. The zero-order chi connectivity index (χ0) is 22.7. The molecule has 4 bridgehead atoms. The molecule has 2 aromatic carbocycles. The van der Waals surface area contributed by atoms with Gasteiger partial charge in [-0.1, -0.05) is 30.3 Å². The van der Waals surface area contributed by atoms with Crippen molar-refractivity contribution in [1.29, 1.82) is 0 Å². The number of nitro benzene ring substituents is 1. The number of hydrogen-bond acceptors (Lipinski definition) is 4. The molecular formula is C23H24Cl2N2O4S. The quantitative estimate of drug-likeness (QED) is 0.330. The summed E-state index contributed by atoms with van der Waals surface area (Å²) in [6.07, 6.45) is 4.34. The molecule has 0 amide bonds. The highest BCUT2D eigenvalue weighted by molar-refractivity contribution is 7.89. The van der Waals surface area contributed by atoms with Crippen LogP contribution in [0.2, 0.25) is 0 Å². The zero-order valence-corrected chi connectivity index (χ0v) is 19.6. The fourth-order valence-corrected chi connectivity index (χ4v) is 9.30. The molecule has 6 rings (SSSR count). The van der Waals surface area contributed by atoms with Crippen molar-refractivity contribution >= 4 is 38.9 Å². The van der Waals surface area contributed by atoms with E-state index in [1.807, 2.05) is 30.3 Å². The van der Waals surface area contributed by atoms with Crippen LogP contribution in [0.4, 0.5) is 5.69 Å². The van der Waals surface area contributed by atoms with Crippen molar-refractivity contribution in [3.05, 3.63) is 70.3 Å². The van der Waals surface area contributed by atoms with Gasteiger partial charge in [0.1, 0.15) is 0 Å². The van der Waals surface area contributed by atoms with E-state index in [-0.39, 0.29) is 27.3 Å². The number of benzene rings is 2. The monoisotopic (exact) mass is 494 g/mol. The lowest BCUT2D eigenvalue weighted by Gasteiger charge is -2.63. The first-order valence-electron chi connectivity index (χ1n) is 10.8. The lowest BCUT2D eigenvalue weighted by molar-refractivity contribution is -0.384. The molecule has 1 unspecified atom stereocenters. The molecule has 170 valence electrons. The summed E-state index contributed by atoms with van der Waals surface area (Å²) in [4.78, 5) is 9.53. The normalized spacial score (nSPS) is 34.4. The van der Waals surface area contributed by atoms with Gasteiger partial charge in [0, 0.05) is 22.9 Å². The van der Waals surface area contributed by atoms with Gasteiger partial charge in [0.15, 0.2) is 0 Å². The number of halogens is 2. The first kappa shape index (κ1) is 22.1. The molecule has 4 aliphatic rings. The van der Waals surface area contributed by atoms with Crippen LogP contribution in [0.15, 0.2) is 59.5 Å². The SMILES string of the molecule is O=[N+]([O-])c1ccc(S(=O)(=O)NC(c2ccccc2)[C@H]2[C@H]3C[C@@H]4C[C@](Cl)(C3)C[C@@]2(Cl)C4)cc1. The third-order valence-corrected chi connectivity index (χ3v) is 9.86. The molecule has 0 aliphatic heterocycles. The maximum atomic E-state index is 13.3. The Morgan fingerprint density at radius 1 is 1.03 bits per heavy atom. The van der Waals surface area contributed by atoms with E-state index in [0.29, 0.717) is 12.3 Å². The minimum Gasteiger partial charge on any atom is -0.258 e. The Morgan fingerprint density at radius 2 is 1.72 bits per heavy atom. The Labute approximate surface area is 197 Å². The molecule has 4 fully saturated rings. The molecule has 1 N–H and O–H groups in total. The van der Waals surface area contributed by atoms with Gasteiger partial charge < -0.3 is 0 Å². The molecule has 6 nitrogen and oxygen atoms in total. The number of nitrogens with one attached hydrogen (secondary N) is 1. The zero-order valence-electron chi connectivity index (χ0n) is 17.3. The van der Waals surface area contributed by atoms with E-state index in [2.05, 4.69) is 4.72 Å². The summed E-state index contributed by atoms with van der Waals surface area (Å²) in [5.74, 6) is 0.621. The Morgan fingerprint density at radius 3 is 2.31 bits per heavy atom. The van der Waals surface area contributed by atoms with Gasteiger partial charge in [-0.2, -0.15) is 0 Å². The van der Waals surface area contributed by atoms with Crippen molar-refractivity contribution in [2.24, 2.45) is 17.8 Å². The molecule has 4 aliphatic carbocycles. The van der Waals surface area contributed by atoms with Crippen LogP contribution in [-0.4, -0.2) is 23.1 Å². The van der Waals surface area contributed by atoms with E-state index < -0.39 is 25.9 Å². The van der Waals surface area contributed by atoms with Crippen LogP contribution in [-0.2, 0) is 10.0 Å². The van der Waals surface area contributed by atoms with Crippen LogP contribution < -0.4 is 4.72 Å². The Kier molecular flexibility index (Phi) is 5.32. The highest BCUT2D eigenvalue weighted by Crippen LogP contribution is 2.66. The second kappa shape index (κ2) is 7.69. The number of rotatable bonds is 6. The second-order valence-corrected chi connectivity index (χ2v) is 12.9. The number of non-ortho nitro benzene ring substituents is 1. The van der Waals surface area contributed by atoms with Crippen LogP contribution in [0.5, 0.6) is 0 Å². The van der Waals surface area contributed by atoms with Crippen molar-refractivity contribution in [3.8, 4) is 0 Å². The third kappa shape index (κ3) is 3.83. The lowest BCUT2D eigenvalue weighted by atomic mass is 9.49. The van der Waals surface area contributed by atoms with Gasteiger partial charge in [0.2, 0.25) is 10.0 Å². The number of nitrogens with zero attached hydrogens (tertiary/aromatic N) is 1. The van der Waals surface area contributed by atoms with Gasteiger partial charge in [-0.25, -0.2) is 13.1 Å². The average Bonchev–Trinajstić information content (AvgIpc) is 2.71. The third-order valence-electron chi connectivity index (χ3n) is 7.42. The number of alkyl halides is 2. The van der Waals surface area contributed by atoms with Crippen molar-refractivity contribution in [2.45, 2.75) is 52.8 Å². The fraction of sp³-hybridized carbons (Fsp3) is 0.478. The van der Waals surface area contributed by atoms with E-state index in [4.69, 9.17) is 23.2 Å². The predicted octanol–water partition coefficient (Wildman–Crippen LogP) is 5.41. The van der Waals surface area contributed by atoms with Gasteiger partial charge in [0.05, 0.1) is 20.7 Å². The molecule has 6 atom stereocenters. The summed E-state index contributed by atoms with van der Waals surface area (Å²) in [6.45, 7) is 0. The van der Waals surface area contributed by atoms with Crippen LogP contribution in [0.3, 0.4) is 0 Å². The Bertz CT molecular complexity index is 1140. The maximum Gasteiger partial charge on any atom is 0.269 e. The topological polar surface area (TPSA) is 89.3 Å². The number of nitro groups is 1.